The highest BCUT2D eigenvalue weighted by Crippen LogP contribution is 2.39. The van der Waals surface area contributed by atoms with Gasteiger partial charge in [0, 0.05) is 37.8 Å². The third kappa shape index (κ3) is 2.30. The van der Waals surface area contributed by atoms with Crippen molar-refractivity contribution in [2.24, 2.45) is 0 Å². The molecule has 1 aromatic rings. The van der Waals surface area contributed by atoms with Gasteiger partial charge in [0.1, 0.15) is 13.2 Å². The number of anilines is 2. The number of ether oxygens (including phenoxy) is 2. The zero-order valence-electron chi connectivity index (χ0n) is 11.6. The number of piperazine rings is 1. The summed E-state index contributed by atoms with van der Waals surface area (Å²) in [7, 11) is 2.15. The smallest absolute Gasteiger partial charge is 0.163 e. The maximum Gasteiger partial charge on any atom is 0.163 e. The Balaban J connectivity index is 1.91. The van der Waals surface area contributed by atoms with Crippen LogP contribution < -0.4 is 20.1 Å². The zero-order chi connectivity index (χ0) is 13.4. The molecule has 2 aliphatic rings. The van der Waals surface area contributed by atoms with Crippen LogP contribution in [0.4, 0.5) is 11.4 Å². The molecule has 2 N–H and O–H groups in total. The first kappa shape index (κ1) is 12.4. The van der Waals surface area contributed by atoms with Gasteiger partial charge >= 0.3 is 0 Å². The van der Waals surface area contributed by atoms with Crippen molar-refractivity contribution in [3.8, 4) is 11.5 Å². The second kappa shape index (κ2) is 4.81. The van der Waals surface area contributed by atoms with E-state index in [1.54, 1.807) is 0 Å². The molecule has 0 spiro atoms. The summed E-state index contributed by atoms with van der Waals surface area (Å²) >= 11 is 0. The Morgan fingerprint density at radius 3 is 2.53 bits per heavy atom. The summed E-state index contributed by atoms with van der Waals surface area (Å²) in [4.78, 5) is 4.70. The van der Waals surface area contributed by atoms with E-state index in [1.807, 2.05) is 12.1 Å². The number of hydrogen-bond donors (Lipinski definition) is 1. The predicted octanol–water partition coefficient (Wildman–Crippen LogP) is 1.18. The van der Waals surface area contributed by atoms with Crippen molar-refractivity contribution in [1.82, 2.24) is 4.90 Å². The van der Waals surface area contributed by atoms with E-state index in [0.717, 1.165) is 42.5 Å². The van der Waals surface area contributed by atoms with Crippen LogP contribution in [0, 0.1) is 0 Å². The number of fused-ring (bicyclic) bond motifs is 1. The van der Waals surface area contributed by atoms with Gasteiger partial charge in [0.25, 0.3) is 0 Å². The molecule has 5 nitrogen and oxygen atoms in total. The Hall–Kier alpha value is -1.62. The van der Waals surface area contributed by atoms with E-state index >= 15 is 0 Å². The summed E-state index contributed by atoms with van der Waals surface area (Å²) in [6.07, 6.45) is 0. The molecule has 3 rings (SSSR count). The van der Waals surface area contributed by atoms with E-state index in [9.17, 15) is 0 Å². The van der Waals surface area contributed by atoms with Crippen LogP contribution in [0.15, 0.2) is 12.1 Å². The Bertz CT molecular complexity index is 478. The van der Waals surface area contributed by atoms with Gasteiger partial charge in [-0.3, -0.25) is 0 Å². The predicted molar refractivity (Wildman–Crippen MR) is 76.1 cm³/mol. The number of likely N-dealkylation sites (N-methyl/N-ethyl adjacent to an activating group) is 1. The summed E-state index contributed by atoms with van der Waals surface area (Å²) < 4.78 is 11.2. The molecule has 1 unspecified atom stereocenters. The van der Waals surface area contributed by atoms with E-state index in [1.165, 1.54) is 0 Å². The fourth-order valence-corrected chi connectivity index (χ4v) is 2.84. The summed E-state index contributed by atoms with van der Waals surface area (Å²) in [5, 5.41) is 0. The van der Waals surface area contributed by atoms with Gasteiger partial charge in [0.15, 0.2) is 11.5 Å². The number of nitrogen functional groups attached to an aromatic ring is 1. The van der Waals surface area contributed by atoms with Gasteiger partial charge in [0.2, 0.25) is 0 Å². The van der Waals surface area contributed by atoms with Gasteiger partial charge in [-0.2, -0.15) is 0 Å². The second-order valence-corrected chi connectivity index (χ2v) is 5.36. The zero-order valence-corrected chi connectivity index (χ0v) is 11.6. The molecule has 1 fully saturated rings. The highest BCUT2D eigenvalue weighted by Gasteiger charge is 2.25. The highest BCUT2D eigenvalue weighted by molar-refractivity contribution is 5.73. The number of benzene rings is 1. The maximum absolute atomic E-state index is 6.18. The van der Waals surface area contributed by atoms with E-state index < -0.39 is 0 Å². The third-order valence-corrected chi connectivity index (χ3v) is 3.83. The number of hydrogen-bond acceptors (Lipinski definition) is 5. The number of nitrogens with two attached hydrogens (primary N) is 1. The summed E-state index contributed by atoms with van der Waals surface area (Å²) in [6.45, 7) is 6.52. The number of rotatable bonds is 1. The fraction of sp³-hybridized carbons (Fsp3) is 0.571. The first-order chi connectivity index (χ1) is 9.15. The summed E-state index contributed by atoms with van der Waals surface area (Å²) in [6, 6.07) is 4.35. The number of nitrogens with zero attached hydrogens (tertiary/aromatic N) is 2. The van der Waals surface area contributed by atoms with Gasteiger partial charge in [-0.1, -0.05) is 0 Å². The first-order valence-electron chi connectivity index (χ1n) is 6.79. The summed E-state index contributed by atoms with van der Waals surface area (Å²) in [5.41, 5.74) is 8.01. The van der Waals surface area contributed by atoms with Crippen LogP contribution in [0.3, 0.4) is 0 Å². The SMILES string of the molecule is CC1CN(C)CCN1c1cc2c(cc1N)OCCO2. The molecule has 0 bridgehead atoms. The molecule has 1 saturated heterocycles. The van der Waals surface area contributed by atoms with Crippen molar-refractivity contribution in [3.05, 3.63) is 12.1 Å². The van der Waals surface area contributed by atoms with E-state index in [-0.39, 0.29) is 0 Å². The molecule has 19 heavy (non-hydrogen) atoms. The average molecular weight is 263 g/mol. The van der Waals surface area contributed by atoms with Crippen molar-refractivity contribution in [1.29, 1.82) is 0 Å². The van der Waals surface area contributed by atoms with Gasteiger partial charge in [-0.25, -0.2) is 0 Å². The first-order valence-corrected chi connectivity index (χ1v) is 6.79. The Morgan fingerprint density at radius 2 is 1.84 bits per heavy atom. The molecule has 1 atom stereocenters. The second-order valence-electron chi connectivity index (χ2n) is 5.36. The Morgan fingerprint density at radius 1 is 1.16 bits per heavy atom. The van der Waals surface area contributed by atoms with Crippen LogP contribution in [0.1, 0.15) is 6.92 Å². The molecule has 0 saturated carbocycles. The van der Waals surface area contributed by atoms with Gasteiger partial charge in [0.05, 0.1) is 11.4 Å². The van der Waals surface area contributed by atoms with Crippen molar-refractivity contribution < 1.29 is 9.47 Å². The summed E-state index contributed by atoms with van der Waals surface area (Å²) in [5.74, 6) is 1.57. The lowest BCUT2D eigenvalue weighted by Crippen LogP contribution is -2.50. The molecule has 2 heterocycles. The minimum atomic E-state index is 0.448. The van der Waals surface area contributed by atoms with Crippen LogP contribution >= 0.6 is 0 Å². The monoisotopic (exact) mass is 263 g/mol. The Labute approximate surface area is 113 Å². The molecule has 0 amide bonds. The van der Waals surface area contributed by atoms with Crippen LogP contribution in [0.5, 0.6) is 11.5 Å². The molecule has 5 heteroatoms. The van der Waals surface area contributed by atoms with E-state index in [0.29, 0.717) is 19.3 Å². The molecule has 0 aromatic heterocycles. The van der Waals surface area contributed by atoms with Crippen LogP contribution in [0.2, 0.25) is 0 Å². The molecule has 2 aliphatic heterocycles. The topological polar surface area (TPSA) is 51.0 Å². The van der Waals surface area contributed by atoms with Crippen molar-refractivity contribution in [2.75, 3.05) is 50.5 Å². The largest absolute Gasteiger partial charge is 0.486 e. The normalized spacial score (nSPS) is 23.5. The van der Waals surface area contributed by atoms with Gasteiger partial charge in [-0.15, -0.1) is 0 Å². The lowest BCUT2D eigenvalue weighted by atomic mass is 10.1. The molecule has 0 radical (unpaired) electrons. The van der Waals surface area contributed by atoms with E-state index in [4.69, 9.17) is 15.2 Å². The molecule has 0 aliphatic carbocycles. The minimum Gasteiger partial charge on any atom is -0.486 e. The van der Waals surface area contributed by atoms with Gasteiger partial charge in [-0.05, 0) is 14.0 Å². The van der Waals surface area contributed by atoms with Crippen molar-refractivity contribution >= 4 is 11.4 Å². The highest BCUT2D eigenvalue weighted by atomic mass is 16.6. The maximum atomic E-state index is 6.18. The lowest BCUT2D eigenvalue weighted by molar-refractivity contribution is 0.171. The lowest BCUT2D eigenvalue weighted by Gasteiger charge is -2.40. The third-order valence-electron chi connectivity index (χ3n) is 3.83. The van der Waals surface area contributed by atoms with Crippen LogP contribution in [0.25, 0.3) is 0 Å². The Kier molecular flexibility index (Phi) is 3.14. The van der Waals surface area contributed by atoms with Crippen molar-refractivity contribution in [3.63, 3.8) is 0 Å². The quantitative estimate of drug-likeness (QED) is 0.771. The minimum absolute atomic E-state index is 0.448. The standard InChI is InChI=1S/C14H21N3O2/c1-10-9-16(2)3-4-17(10)12-8-14-13(7-11(12)15)18-5-6-19-14/h7-8,10H,3-6,9,15H2,1-2H3. The van der Waals surface area contributed by atoms with Crippen LogP contribution in [-0.2, 0) is 0 Å². The molecule has 1 aromatic carbocycles. The fourth-order valence-electron chi connectivity index (χ4n) is 2.84. The molecular weight excluding hydrogens is 242 g/mol. The molecule has 104 valence electrons. The van der Waals surface area contributed by atoms with E-state index in [2.05, 4.69) is 23.8 Å². The van der Waals surface area contributed by atoms with Crippen LogP contribution in [-0.4, -0.2) is 50.8 Å². The van der Waals surface area contributed by atoms with Crippen molar-refractivity contribution in [2.45, 2.75) is 13.0 Å². The van der Waals surface area contributed by atoms with Gasteiger partial charge < -0.3 is 25.0 Å². The average Bonchev–Trinajstić information content (AvgIpc) is 2.38. The molecular formula is C14H21N3O2.